The van der Waals surface area contributed by atoms with E-state index in [0.29, 0.717) is 17.0 Å². The van der Waals surface area contributed by atoms with Gasteiger partial charge in [-0.1, -0.05) is 12.1 Å². The molecule has 2 saturated heterocycles. The third-order valence-corrected chi connectivity index (χ3v) is 7.59. The number of carbonyl (C=O) groups is 1. The van der Waals surface area contributed by atoms with E-state index in [1.54, 1.807) is 4.52 Å². The second kappa shape index (κ2) is 8.32. The van der Waals surface area contributed by atoms with Crippen LogP contribution in [-0.2, 0) is 0 Å². The Bertz CT molecular complexity index is 1450. The van der Waals surface area contributed by atoms with Gasteiger partial charge in [0.25, 0.3) is 18.1 Å². The third-order valence-electron chi connectivity index (χ3n) is 7.59. The maximum absolute atomic E-state index is 14.0. The molecule has 0 N–H and O–H groups in total. The Morgan fingerprint density at radius 2 is 1.91 bits per heavy atom. The van der Waals surface area contributed by atoms with Crippen LogP contribution in [0.3, 0.4) is 0 Å². The zero-order chi connectivity index (χ0) is 24.3. The van der Waals surface area contributed by atoms with Crippen LogP contribution in [0.25, 0.3) is 16.7 Å². The summed E-state index contributed by atoms with van der Waals surface area (Å²) in [7, 11) is 0. The lowest BCUT2D eigenvalue weighted by molar-refractivity contribution is 0.0197. The van der Waals surface area contributed by atoms with Crippen molar-refractivity contribution in [3.05, 3.63) is 64.9 Å². The van der Waals surface area contributed by atoms with E-state index in [-0.39, 0.29) is 35.4 Å². The minimum Gasteiger partial charge on any atom is -0.332 e. The zero-order valence-electron chi connectivity index (χ0n) is 19.7. The van der Waals surface area contributed by atoms with Crippen LogP contribution in [0, 0.1) is 13.8 Å². The Morgan fingerprint density at radius 3 is 2.74 bits per heavy atom. The SMILES string of the molecule is Cc1ccc2cc(C(=O)N3C4CCC[C@@H]3CC[C@@H]4c3cc(C(F)F)nc4ncnn34)c(C)nc2c1. The number of halogens is 2. The molecule has 1 unspecified atom stereocenters. The van der Waals surface area contributed by atoms with Gasteiger partial charge < -0.3 is 4.90 Å². The molecule has 6 rings (SSSR count). The van der Waals surface area contributed by atoms with Gasteiger partial charge in [0.15, 0.2) is 0 Å². The summed E-state index contributed by atoms with van der Waals surface area (Å²) < 4.78 is 28.8. The van der Waals surface area contributed by atoms with Gasteiger partial charge >= 0.3 is 0 Å². The van der Waals surface area contributed by atoms with E-state index in [1.807, 2.05) is 43.0 Å². The van der Waals surface area contributed by atoms with Crippen LogP contribution >= 0.6 is 0 Å². The first-order chi connectivity index (χ1) is 16.9. The Balaban J connectivity index is 1.42. The number of benzene rings is 1. The van der Waals surface area contributed by atoms with Crippen molar-refractivity contribution in [1.29, 1.82) is 0 Å². The van der Waals surface area contributed by atoms with Gasteiger partial charge in [0.05, 0.1) is 22.5 Å². The summed E-state index contributed by atoms with van der Waals surface area (Å²) >= 11 is 0. The molecule has 0 spiro atoms. The molecule has 35 heavy (non-hydrogen) atoms. The Hall–Kier alpha value is -3.49. The topological polar surface area (TPSA) is 76.3 Å². The fourth-order valence-corrected chi connectivity index (χ4v) is 5.97. The maximum atomic E-state index is 14.0. The molecule has 7 nitrogen and oxygen atoms in total. The maximum Gasteiger partial charge on any atom is 0.280 e. The van der Waals surface area contributed by atoms with Crippen molar-refractivity contribution in [1.82, 2.24) is 29.5 Å². The molecular formula is C26H26F2N6O. The predicted molar refractivity (Wildman–Crippen MR) is 127 cm³/mol. The number of alkyl halides is 2. The summed E-state index contributed by atoms with van der Waals surface area (Å²) in [5, 5.41) is 5.20. The Labute approximate surface area is 201 Å². The van der Waals surface area contributed by atoms with Crippen LogP contribution in [0.4, 0.5) is 8.78 Å². The fourth-order valence-electron chi connectivity index (χ4n) is 5.97. The van der Waals surface area contributed by atoms with E-state index in [2.05, 4.69) is 15.1 Å². The summed E-state index contributed by atoms with van der Waals surface area (Å²) in [6.07, 6.45) is 3.01. The number of piperidine rings is 2. The van der Waals surface area contributed by atoms with Crippen molar-refractivity contribution >= 4 is 22.6 Å². The molecule has 4 aromatic rings. The molecule has 2 fully saturated rings. The number of hydrogen-bond donors (Lipinski definition) is 0. The molecule has 1 aromatic carbocycles. The molecule has 180 valence electrons. The Kier molecular flexibility index (Phi) is 5.23. The number of hydrogen-bond acceptors (Lipinski definition) is 5. The van der Waals surface area contributed by atoms with Crippen LogP contribution < -0.4 is 0 Å². The number of nitrogens with zero attached hydrogens (tertiary/aromatic N) is 6. The van der Waals surface area contributed by atoms with Crippen LogP contribution in [0.15, 0.2) is 36.7 Å². The lowest BCUT2D eigenvalue weighted by Crippen LogP contribution is -2.55. The van der Waals surface area contributed by atoms with Gasteiger partial charge in [-0.2, -0.15) is 10.1 Å². The van der Waals surface area contributed by atoms with Crippen molar-refractivity contribution in [3.63, 3.8) is 0 Å². The highest BCUT2D eigenvalue weighted by Gasteiger charge is 2.44. The molecule has 9 heteroatoms. The molecule has 3 atom stereocenters. The zero-order valence-corrected chi connectivity index (χ0v) is 19.7. The van der Waals surface area contributed by atoms with Crippen LogP contribution in [0.1, 0.15) is 77.5 Å². The standard InChI is InChI=1S/C26H26F2N6O/c1-14-6-7-16-11-19(15(2)31-20(16)10-14)25(35)33-17-4-3-5-22(33)18(9-8-17)23-12-21(24(27)28)32-26-29-13-30-34(23)26/h6-7,10-13,17-18,22,24H,3-5,8-9H2,1-2H3/t17-,18+,22?/m1/s1. The summed E-state index contributed by atoms with van der Waals surface area (Å²) in [5.41, 5.74) is 3.65. The van der Waals surface area contributed by atoms with Gasteiger partial charge in [-0.05, 0) is 69.7 Å². The van der Waals surface area contributed by atoms with E-state index in [1.165, 1.54) is 12.4 Å². The summed E-state index contributed by atoms with van der Waals surface area (Å²) in [4.78, 5) is 28.8. The van der Waals surface area contributed by atoms with Gasteiger partial charge in [0.2, 0.25) is 0 Å². The minimum absolute atomic E-state index is 0.0325. The van der Waals surface area contributed by atoms with Crippen LogP contribution in [0.2, 0.25) is 0 Å². The van der Waals surface area contributed by atoms with E-state index in [9.17, 15) is 13.6 Å². The molecule has 2 aliphatic rings. The highest BCUT2D eigenvalue weighted by atomic mass is 19.3. The molecular weight excluding hydrogens is 450 g/mol. The minimum atomic E-state index is -2.70. The van der Waals surface area contributed by atoms with Crippen molar-refractivity contribution in [2.45, 2.75) is 70.4 Å². The van der Waals surface area contributed by atoms with Crippen LogP contribution in [0.5, 0.6) is 0 Å². The molecule has 0 saturated carbocycles. The number of fused-ring (bicyclic) bond motifs is 4. The predicted octanol–water partition coefficient (Wildman–Crippen LogP) is 5.17. The van der Waals surface area contributed by atoms with Crippen molar-refractivity contribution < 1.29 is 13.6 Å². The molecule has 0 aliphatic carbocycles. The molecule has 5 heterocycles. The normalized spacial score (nSPS) is 22.3. The van der Waals surface area contributed by atoms with Gasteiger partial charge in [0, 0.05) is 23.4 Å². The van der Waals surface area contributed by atoms with E-state index < -0.39 is 6.43 Å². The highest BCUT2D eigenvalue weighted by Crippen LogP contribution is 2.43. The quantitative estimate of drug-likeness (QED) is 0.408. The highest BCUT2D eigenvalue weighted by molar-refractivity contribution is 5.99. The number of carbonyl (C=O) groups excluding carboxylic acids is 1. The van der Waals surface area contributed by atoms with Crippen molar-refractivity contribution in [3.8, 4) is 0 Å². The smallest absolute Gasteiger partial charge is 0.280 e. The average Bonchev–Trinajstić information content (AvgIpc) is 3.31. The summed E-state index contributed by atoms with van der Waals surface area (Å²) in [6.45, 7) is 3.90. The molecule has 3 aromatic heterocycles. The third kappa shape index (κ3) is 3.64. The molecule has 0 radical (unpaired) electrons. The summed E-state index contributed by atoms with van der Waals surface area (Å²) in [6, 6.07) is 9.45. The lowest BCUT2D eigenvalue weighted by Gasteiger charge is -2.50. The Morgan fingerprint density at radius 1 is 1.06 bits per heavy atom. The van der Waals surface area contributed by atoms with Crippen molar-refractivity contribution in [2.75, 3.05) is 0 Å². The first-order valence-electron chi connectivity index (χ1n) is 12.1. The largest absolute Gasteiger partial charge is 0.332 e. The first kappa shape index (κ1) is 22.0. The van der Waals surface area contributed by atoms with Gasteiger partial charge in [0.1, 0.15) is 12.0 Å². The van der Waals surface area contributed by atoms with Gasteiger partial charge in [-0.15, -0.1) is 0 Å². The van der Waals surface area contributed by atoms with E-state index in [0.717, 1.165) is 48.6 Å². The number of pyridine rings is 1. The number of aryl methyl sites for hydroxylation is 2. The second-order valence-corrected chi connectivity index (χ2v) is 9.74. The number of aromatic nitrogens is 5. The summed E-state index contributed by atoms with van der Waals surface area (Å²) in [5.74, 6) is 0.00453. The van der Waals surface area contributed by atoms with E-state index in [4.69, 9.17) is 4.98 Å². The average molecular weight is 477 g/mol. The lowest BCUT2D eigenvalue weighted by atomic mass is 9.75. The van der Waals surface area contributed by atoms with Gasteiger partial charge in [-0.3, -0.25) is 9.78 Å². The number of amides is 1. The monoisotopic (exact) mass is 476 g/mol. The molecule has 1 amide bonds. The van der Waals surface area contributed by atoms with Gasteiger partial charge in [-0.25, -0.2) is 18.3 Å². The fraction of sp³-hybridized carbons (Fsp3) is 0.423. The number of rotatable bonds is 3. The second-order valence-electron chi connectivity index (χ2n) is 9.74. The van der Waals surface area contributed by atoms with Crippen molar-refractivity contribution in [2.24, 2.45) is 0 Å². The van der Waals surface area contributed by atoms with E-state index >= 15 is 0 Å². The molecule has 2 bridgehead atoms. The van der Waals surface area contributed by atoms with Crippen LogP contribution in [-0.4, -0.2) is 47.5 Å². The first-order valence-corrected chi connectivity index (χ1v) is 12.1. The molecule has 2 aliphatic heterocycles.